The van der Waals surface area contributed by atoms with Crippen molar-refractivity contribution in [3.8, 4) is 5.75 Å². The zero-order chi connectivity index (χ0) is 13.3. The van der Waals surface area contributed by atoms with Gasteiger partial charge in [0.1, 0.15) is 11.6 Å². The first kappa shape index (κ1) is 13.3. The van der Waals surface area contributed by atoms with E-state index in [4.69, 9.17) is 4.74 Å². The van der Waals surface area contributed by atoms with E-state index in [0.717, 1.165) is 0 Å². The Bertz CT molecular complexity index is 428. The van der Waals surface area contributed by atoms with Gasteiger partial charge in [0.2, 0.25) is 0 Å². The third-order valence-electron chi connectivity index (χ3n) is 3.72. The summed E-state index contributed by atoms with van der Waals surface area (Å²) in [6.07, 6.45) is 0. The standard InChI is InChI=1S/C14H20FNO2/c1-10(2)14(17)8-16(9-14)7-11-4-5-12(18-3)6-13(11)15/h4-6,10,17H,7-9H2,1-3H3. The number of methoxy groups -OCH3 is 1. The van der Waals surface area contributed by atoms with Crippen molar-refractivity contribution in [2.24, 2.45) is 5.92 Å². The molecule has 1 heterocycles. The zero-order valence-electron chi connectivity index (χ0n) is 11.1. The van der Waals surface area contributed by atoms with Crippen molar-refractivity contribution in [3.05, 3.63) is 29.6 Å². The van der Waals surface area contributed by atoms with Gasteiger partial charge in [-0.15, -0.1) is 0 Å². The van der Waals surface area contributed by atoms with Gasteiger partial charge in [-0.1, -0.05) is 19.9 Å². The van der Waals surface area contributed by atoms with Gasteiger partial charge in [-0.25, -0.2) is 4.39 Å². The van der Waals surface area contributed by atoms with Crippen molar-refractivity contribution in [1.29, 1.82) is 0 Å². The van der Waals surface area contributed by atoms with E-state index >= 15 is 0 Å². The van der Waals surface area contributed by atoms with Crippen LogP contribution in [0.4, 0.5) is 4.39 Å². The van der Waals surface area contributed by atoms with Gasteiger partial charge in [0.05, 0.1) is 12.7 Å². The molecule has 3 nitrogen and oxygen atoms in total. The summed E-state index contributed by atoms with van der Waals surface area (Å²) in [6, 6.07) is 4.89. The average molecular weight is 253 g/mol. The summed E-state index contributed by atoms with van der Waals surface area (Å²) < 4.78 is 18.7. The maximum atomic E-state index is 13.7. The molecule has 1 fully saturated rings. The predicted molar refractivity (Wildman–Crippen MR) is 68.0 cm³/mol. The van der Waals surface area contributed by atoms with Gasteiger partial charge < -0.3 is 9.84 Å². The summed E-state index contributed by atoms with van der Waals surface area (Å²) >= 11 is 0. The molecule has 1 aliphatic rings. The van der Waals surface area contributed by atoms with Crippen LogP contribution in [0.2, 0.25) is 0 Å². The summed E-state index contributed by atoms with van der Waals surface area (Å²) in [5.41, 5.74) is 0.0322. The zero-order valence-corrected chi connectivity index (χ0v) is 11.1. The minimum atomic E-state index is -0.608. The number of β-amino-alcohol motifs (C(OH)–C–C–N with tert-alkyl or cyclic N) is 1. The quantitative estimate of drug-likeness (QED) is 0.891. The van der Waals surface area contributed by atoms with Gasteiger partial charge in [-0.3, -0.25) is 4.90 Å². The van der Waals surface area contributed by atoms with E-state index in [2.05, 4.69) is 0 Å². The Kier molecular flexibility index (Phi) is 3.59. The molecule has 1 aromatic rings. The molecule has 0 aromatic heterocycles. The molecule has 0 radical (unpaired) electrons. The molecule has 4 heteroatoms. The van der Waals surface area contributed by atoms with Crippen molar-refractivity contribution in [2.75, 3.05) is 20.2 Å². The van der Waals surface area contributed by atoms with E-state index < -0.39 is 5.60 Å². The second kappa shape index (κ2) is 4.86. The topological polar surface area (TPSA) is 32.7 Å². The van der Waals surface area contributed by atoms with Gasteiger partial charge in [-0.05, 0) is 12.0 Å². The summed E-state index contributed by atoms with van der Waals surface area (Å²) in [6.45, 7) is 5.76. The fraction of sp³-hybridized carbons (Fsp3) is 0.571. The highest BCUT2D eigenvalue weighted by atomic mass is 19.1. The molecule has 2 rings (SSSR count). The third-order valence-corrected chi connectivity index (χ3v) is 3.72. The molecule has 1 aromatic carbocycles. The normalized spacial score (nSPS) is 18.8. The fourth-order valence-electron chi connectivity index (χ4n) is 2.23. The molecule has 1 saturated heterocycles. The Morgan fingerprint density at radius 2 is 2.11 bits per heavy atom. The molecule has 0 bridgehead atoms. The lowest BCUT2D eigenvalue weighted by molar-refractivity contribution is -0.131. The second-order valence-electron chi connectivity index (χ2n) is 5.36. The molecule has 0 unspecified atom stereocenters. The summed E-state index contributed by atoms with van der Waals surface area (Å²) in [4.78, 5) is 2.05. The Labute approximate surface area is 107 Å². The summed E-state index contributed by atoms with van der Waals surface area (Å²) in [7, 11) is 1.52. The fourth-order valence-corrected chi connectivity index (χ4v) is 2.23. The number of nitrogens with zero attached hydrogens (tertiary/aromatic N) is 1. The van der Waals surface area contributed by atoms with Crippen LogP contribution in [-0.4, -0.2) is 35.8 Å². The van der Waals surface area contributed by atoms with E-state index in [9.17, 15) is 9.50 Å². The van der Waals surface area contributed by atoms with Crippen LogP contribution in [0.5, 0.6) is 5.75 Å². The molecule has 1 aliphatic heterocycles. The first-order valence-electron chi connectivity index (χ1n) is 6.22. The number of benzene rings is 1. The van der Waals surface area contributed by atoms with E-state index in [1.807, 2.05) is 18.7 Å². The van der Waals surface area contributed by atoms with Crippen LogP contribution in [-0.2, 0) is 6.54 Å². The Balaban J connectivity index is 1.96. The maximum Gasteiger partial charge on any atom is 0.131 e. The van der Waals surface area contributed by atoms with Crippen LogP contribution in [0.1, 0.15) is 19.4 Å². The first-order valence-corrected chi connectivity index (χ1v) is 6.22. The number of likely N-dealkylation sites (tertiary alicyclic amines) is 1. The molecule has 100 valence electrons. The molecule has 0 spiro atoms. The van der Waals surface area contributed by atoms with Crippen molar-refractivity contribution in [1.82, 2.24) is 4.90 Å². The van der Waals surface area contributed by atoms with Gasteiger partial charge >= 0.3 is 0 Å². The second-order valence-corrected chi connectivity index (χ2v) is 5.36. The van der Waals surface area contributed by atoms with E-state index in [0.29, 0.717) is 30.9 Å². The lowest BCUT2D eigenvalue weighted by Gasteiger charge is -2.49. The highest BCUT2D eigenvalue weighted by Gasteiger charge is 2.43. The van der Waals surface area contributed by atoms with Crippen molar-refractivity contribution < 1.29 is 14.2 Å². The first-order chi connectivity index (χ1) is 8.44. The van der Waals surface area contributed by atoms with Crippen molar-refractivity contribution in [2.45, 2.75) is 26.0 Å². The molecule has 0 saturated carbocycles. The Hall–Kier alpha value is -1.13. The molecule has 18 heavy (non-hydrogen) atoms. The van der Waals surface area contributed by atoms with Crippen LogP contribution in [0, 0.1) is 11.7 Å². The average Bonchev–Trinajstić information content (AvgIpc) is 2.28. The van der Waals surface area contributed by atoms with Gasteiger partial charge in [0.25, 0.3) is 0 Å². The summed E-state index contributed by atoms with van der Waals surface area (Å²) in [5.74, 6) is 0.502. The van der Waals surface area contributed by atoms with E-state index in [1.54, 1.807) is 12.1 Å². The van der Waals surface area contributed by atoms with Gasteiger partial charge in [0.15, 0.2) is 0 Å². The molecule has 1 N–H and O–H groups in total. The molecular weight excluding hydrogens is 233 g/mol. The monoisotopic (exact) mass is 253 g/mol. The number of halogens is 1. The van der Waals surface area contributed by atoms with Crippen LogP contribution in [0.25, 0.3) is 0 Å². The Morgan fingerprint density at radius 3 is 2.61 bits per heavy atom. The molecule has 0 amide bonds. The third kappa shape index (κ3) is 2.49. The van der Waals surface area contributed by atoms with E-state index in [1.165, 1.54) is 13.2 Å². The molecule has 0 atom stereocenters. The minimum absolute atomic E-state index is 0.231. The number of ether oxygens (including phenoxy) is 1. The van der Waals surface area contributed by atoms with Crippen LogP contribution >= 0.6 is 0 Å². The number of hydrogen-bond donors (Lipinski definition) is 1. The van der Waals surface area contributed by atoms with Gasteiger partial charge in [-0.2, -0.15) is 0 Å². The largest absolute Gasteiger partial charge is 0.497 e. The molecular formula is C14H20FNO2. The highest BCUT2D eigenvalue weighted by Crippen LogP contribution is 2.30. The number of rotatable bonds is 4. The van der Waals surface area contributed by atoms with Crippen LogP contribution in [0.15, 0.2) is 18.2 Å². The molecule has 0 aliphatic carbocycles. The highest BCUT2D eigenvalue weighted by molar-refractivity contribution is 5.29. The minimum Gasteiger partial charge on any atom is -0.497 e. The lowest BCUT2D eigenvalue weighted by atomic mass is 9.83. The smallest absolute Gasteiger partial charge is 0.131 e. The van der Waals surface area contributed by atoms with Crippen molar-refractivity contribution in [3.63, 3.8) is 0 Å². The van der Waals surface area contributed by atoms with Crippen LogP contribution < -0.4 is 4.74 Å². The maximum absolute atomic E-state index is 13.7. The predicted octanol–water partition coefficient (Wildman–Crippen LogP) is 2.04. The van der Waals surface area contributed by atoms with Crippen molar-refractivity contribution >= 4 is 0 Å². The van der Waals surface area contributed by atoms with Gasteiger partial charge in [0, 0.05) is 31.3 Å². The van der Waals surface area contributed by atoms with Crippen LogP contribution in [0.3, 0.4) is 0 Å². The lowest BCUT2D eigenvalue weighted by Crippen LogP contribution is -2.63. The summed E-state index contributed by atoms with van der Waals surface area (Å²) in [5, 5.41) is 10.1. The number of hydrogen-bond acceptors (Lipinski definition) is 3. The Morgan fingerprint density at radius 1 is 1.44 bits per heavy atom. The number of aliphatic hydroxyl groups is 1. The van der Waals surface area contributed by atoms with E-state index in [-0.39, 0.29) is 11.7 Å². The SMILES string of the molecule is COc1ccc(CN2CC(O)(C(C)C)C2)c(F)c1.